The first-order chi connectivity index (χ1) is 15.2. The molecule has 31 heavy (non-hydrogen) atoms. The van der Waals surface area contributed by atoms with Crippen LogP contribution in [0.4, 0.5) is 16.0 Å². The van der Waals surface area contributed by atoms with Gasteiger partial charge in [0.1, 0.15) is 5.82 Å². The largest absolute Gasteiger partial charge is 0.454 e. The van der Waals surface area contributed by atoms with Crippen LogP contribution in [0.15, 0.2) is 54.9 Å². The second-order valence-corrected chi connectivity index (χ2v) is 7.62. The summed E-state index contributed by atoms with van der Waals surface area (Å²) in [7, 11) is 0. The second kappa shape index (κ2) is 8.22. The third-order valence-corrected chi connectivity index (χ3v) is 5.51. The van der Waals surface area contributed by atoms with E-state index in [0.29, 0.717) is 29.7 Å². The first kappa shape index (κ1) is 19.3. The summed E-state index contributed by atoms with van der Waals surface area (Å²) >= 11 is 0. The van der Waals surface area contributed by atoms with E-state index in [1.54, 1.807) is 36.7 Å². The Balaban J connectivity index is 1.25. The van der Waals surface area contributed by atoms with E-state index in [1.807, 2.05) is 11.0 Å². The molecule has 2 aromatic carbocycles. The molecule has 2 aliphatic rings. The maximum atomic E-state index is 13.5. The highest BCUT2D eigenvalue weighted by molar-refractivity contribution is 5.93. The lowest BCUT2D eigenvalue weighted by Gasteiger charge is -2.32. The van der Waals surface area contributed by atoms with Crippen molar-refractivity contribution in [1.82, 2.24) is 9.97 Å². The molecule has 2 aliphatic heterocycles. The summed E-state index contributed by atoms with van der Waals surface area (Å²) < 4.78 is 24.1. The first-order valence-electron chi connectivity index (χ1n) is 10.2. The fourth-order valence-corrected chi connectivity index (χ4v) is 3.89. The van der Waals surface area contributed by atoms with Crippen molar-refractivity contribution >= 4 is 17.5 Å². The van der Waals surface area contributed by atoms with Crippen molar-refractivity contribution in [2.45, 2.75) is 12.8 Å². The van der Waals surface area contributed by atoms with Crippen molar-refractivity contribution in [2.75, 3.05) is 30.1 Å². The van der Waals surface area contributed by atoms with Crippen molar-refractivity contribution in [3.8, 4) is 22.6 Å². The SMILES string of the molecule is O=C(Nc1ccc2c(c1)OCO2)[C@@H]1CCCN(c2ncc(-c3cccc(F)c3)cn2)C1. The molecule has 1 fully saturated rings. The van der Waals surface area contributed by atoms with Crippen LogP contribution < -0.4 is 19.7 Å². The predicted octanol–water partition coefficient (Wildman–Crippen LogP) is 3.87. The van der Waals surface area contributed by atoms with E-state index in [0.717, 1.165) is 30.5 Å². The molecular formula is C23H21FN4O3. The summed E-state index contributed by atoms with van der Waals surface area (Å²) in [5.41, 5.74) is 2.16. The van der Waals surface area contributed by atoms with Crippen molar-refractivity contribution in [2.24, 2.45) is 5.92 Å². The number of rotatable bonds is 4. The highest BCUT2D eigenvalue weighted by Gasteiger charge is 2.27. The lowest BCUT2D eigenvalue weighted by Crippen LogP contribution is -2.41. The molecule has 0 spiro atoms. The minimum Gasteiger partial charge on any atom is -0.454 e. The van der Waals surface area contributed by atoms with E-state index >= 15 is 0 Å². The quantitative estimate of drug-likeness (QED) is 0.691. The number of ether oxygens (including phenoxy) is 2. The number of hydrogen-bond acceptors (Lipinski definition) is 6. The Hall–Kier alpha value is -3.68. The number of halogens is 1. The number of amides is 1. The molecule has 0 saturated carbocycles. The summed E-state index contributed by atoms with van der Waals surface area (Å²) in [5.74, 6) is 1.37. The monoisotopic (exact) mass is 420 g/mol. The number of aromatic nitrogens is 2. The van der Waals surface area contributed by atoms with E-state index in [4.69, 9.17) is 9.47 Å². The van der Waals surface area contributed by atoms with Gasteiger partial charge < -0.3 is 19.7 Å². The maximum absolute atomic E-state index is 13.5. The van der Waals surface area contributed by atoms with Gasteiger partial charge in [0.25, 0.3) is 0 Å². The summed E-state index contributed by atoms with van der Waals surface area (Å²) in [4.78, 5) is 23.8. The van der Waals surface area contributed by atoms with Crippen molar-refractivity contribution in [3.05, 3.63) is 60.7 Å². The number of nitrogens with zero attached hydrogens (tertiary/aromatic N) is 3. The van der Waals surface area contributed by atoms with Gasteiger partial charge in [-0.05, 0) is 42.7 Å². The predicted molar refractivity (Wildman–Crippen MR) is 114 cm³/mol. The van der Waals surface area contributed by atoms with Crippen LogP contribution in [0.25, 0.3) is 11.1 Å². The molecule has 1 atom stereocenters. The molecule has 5 rings (SSSR count). The van der Waals surface area contributed by atoms with E-state index < -0.39 is 0 Å². The van der Waals surface area contributed by atoms with Crippen LogP contribution in [-0.4, -0.2) is 35.8 Å². The molecule has 0 unspecified atom stereocenters. The fraction of sp³-hybridized carbons (Fsp3) is 0.261. The number of carbonyl (C=O) groups is 1. The average Bonchev–Trinajstić information content (AvgIpc) is 3.27. The molecule has 158 valence electrons. The lowest BCUT2D eigenvalue weighted by atomic mass is 9.97. The third kappa shape index (κ3) is 4.14. The van der Waals surface area contributed by atoms with Crippen molar-refractivity contribution < 1.29 is 18.7 Å². The fourth-order valence-electron chi connectivity index (χ4n) is 3.89. The van der Waals surface area contributed by atoms with Gasteiger partial charge >= 0.3 is 0 Å². The Kier molecular flexibility index (Phi) is 5.11. The van der Waals surface area contributed by atoms with Crippen LogP contribution in [0, 0.1) is 11.7 Å². The number of hydrogen-bond donors (Lipinski definition) is 1. The highest BCUT2D eigenvalue weighted by atomic mass is 19.1. The summed E-state index contributed by atoms with van der Waals surface area (Å²) in [5, 5.41) is 2.97. The minimum atomic E-state index is -0.297. The normalized spacial score (nSPS) is 17.5. The Morgan fingerprint density at radius 3 is 2.74 bits per heavy atom. The van der Waals surface area contributed by atoms with Gasteiger partial charge in [0.15, 0.2) is 11.5 Å². The molecule has 7 nitrogen and oxygen atoms in total. The standard InChI is InChI=1S/C23H21FN4O3/c24-18-5-1-3-15(9-18)17-11-25-23(26-12-17)28-8-2-4-16(13-28)22(29)27-19-6-7-20-21(10-19)31-14-30-20/h1,3,5-7,9-12,16H,2,4,8,13-14H2,(H,27,29)/t16-/m1/s1. The van der Waals surface area contributed by atoms with Crippen molar-refractivity contribution in [1.29, 1.82) is 0 Å². The van der Waals surface area contributed by atoms with E-state index in [-0.39, 0.29) is 24.4 Å². The molecule has 1 N–H and O–H groups in total. The van der Waals surface area contributed by atoms with Crippen LogP contribution in [0.1, 0.15) is 12.8 Å². The van der Waals surface area contributed by atoms with Gasteiger partial charge in [0.2, 0.25) is 18.6 Å². The summed E-state index contributed by atoms with van der Waals surface area (Å²) in [6.45, 7) is 1.52. The molecular weight excluding hydrogens is 399 g/mol. The molecule has 0 bridgehead atoms. The van der Waals surface area contributed by atoms with E-state index in [9.17, 15) is 9.18 Å². The van der Waals surface area contributed by atoms with E-state index in [2.05, 4.69) is 15.3 Å². The van der Waals surface area contributed by atoms with Gasteiger partial charge in [-0.25, -0.2) is 14.4 Å². The Labute approximate surface area is 178 Å². The zero-order chi connectivity index (χ0) is 21.2. The molecule has 1 saturated heterocycles. The Bertz CT molecular complexity index is 1110. The van der Waals surface area contributed by atoms with Crippen molar-refractivity contribution in [3.63, 3.8) is 0 Å². The van der Waals surface area contributed by atoms with Gasteiger partial charge in [-0.15, -0.1) is 0 Å². The topological polar surface area (TPSA) is 76.6 Å². The zero-order valence-electron chi connectivity index (χ0n) is 16.8. The third-order valence-electron chi connectivity index (χ3n) is 5.51. The van der Waals surface area contributed by atoms with Gasteiger partial charge in [0.05, 0.1) is 5.92 Å². The number of fused-ring (bicyclic) bond motifs is 1. The van der Waals surface area contributed by atoms with Crippen LogP contribution in [0.5, 0.6) is 11.5 Å². The zero-order valence-corrected chi connectivity index (χ0v) is 16.8. The van der Waals surface area contributed by atoms with Crippen LogP contribution in [0.3, 0.4) is 0 Å². The highest BCUT2D eigenvalue weighted by Crippen LogP contribution is 2.34. The summed E-state index contributed by atoms with van der Waals surface area (Å²) in [6.07, 6.45) is 5.04. The van der Waals surface area contributed by atoms with Crippen LogP contribution in [-0.2, 0) is 4.79 Å². The van der Waals surface area contributed by atoms with Gasteiger partial charge in [0, 0.05) is 42.8 Å². The van der Waals surface area contributed by atoms with Crippen LogP contribution >= 0.6 is 0 Å². The number of carbonyl (C=O) groups excluding carboxylic acids is 1. The maximum Gasteiger partial charge on any atom is 0.231 e. The summed E-state index contributed by atoms with van der Waals surface area (Å²) in [6, 6.07) is 11.7. The molecule has 1 amide bonds. The number of piperidine rings is 1. The Morgan fingerprint density at radius 1 is 1.06 bits per heavy atom. The first-order valence-corrected chi connectivity index (χ1v) is 10.2. The number of nitrogens with one attached hydrogen (secondary N) is 1. The smallest absolute Gasteiger partial charge is 0.231 e. The lowest BCUT2D eigenvalue weighted by molar-refractivity contribution is -0.120. The molecule has 3 heterocycles. The average molecular weight is 420 g/mol. The molecule has 0 aliphatic carbocycles. The van der Waals surface area contributed by atoms with Gasteiger partial charge in [-0.1, -0.05) is 12.1 Å². The molecule has 1 aromatic heterocycles. The number of anilines is 2. The van der Waals surface area contributed by atoms with Gasteiger partial charge in [-0.3, -0.25) is 4.79 Å². The second-order valence-electron chi connectivity index (χ2n) is 7.62. The van der Waals surface area contributed by atoms with Gasteiger partial charge in [-0.2, -0.15) is 0 Å². The minimum absolute atomic E-state index is 0.0417. The number of benzene rings is 2. The Morgan fingerprint density at radius 2 is 1.90 bits per heavy atom. The molecule has 8 heteroatoms. The van der Waals surface area contributed by atoms with Crippen LogP contribution in [0.2, 0.25) is 0 Å². The van der Waals surface area contributed by atoms with E-state index in [1.165, 1.54) is 12.1 Å². The molecule has 0 radical (unpaired) electrons. The molecule has 3 aromatic rings.